The Labute approximate surface area is 98.1 Å². The molecule has 1 rings (SSSR count). The second-order valence-electron chi connectivity index (χ2n) is 5.01. The van der Waals surface area contributed by atoms with Crippen molar-refractivity contribution in [2.45, 2.75) is 44.3 Å². The monoisotopic (exact) mass is 231 g/mol. The summed E-state index contributed by atoms with van der Waals surface area (Å²) in [4.78, 5) is 0. The minimum atomic E-state index is -0.550. The van der Waals surface area contributed by atoms with E-state index in [1.807, 2.05) is 0 Å². The van der Waals surface area contributed by atoms with Gasteiger partial charge in [-0.05, 0) is 18.8 Å². The standard InChI is InChI=1S/C12H25NO3/c1-10-4-3-5-12(6-10,9-13)16-8-11(14)7-15-2/h10-11,14H,3-9,13H2,1-2H3. The summed E-state index contributed by atoms with van der Waals surface area (Å²) in [7, 11) is 1.57. The highest BCUT2D eigenvalue weighted by atomic mass is 16.5. The Hall–Kier alpha value is -0.160. The van der Waals surface area contributed by atoms with Crippen LogP contribution in [-0.2, 0) is 9.47 Å². The largest absolute Gasteiger partial charge is 0.388 e. The van der Waals surface area contributed by atoms with Gasteiger partial charge in [0.2, 0.25) is 0 Å². The van der Waals surface area contributed by atoms with Crippen molar-refractivity contribution in [1.82, 2.24) is 0 Å². The molecule has 3 unspecified atom stereocenters. The molecule has 16 heavy (non-hydrogen) atoms. The molecule has 96 valence electrons. The van der Waals surface area contributed by atoms with Gasteiger partial charge < -0.3 is 20.3 Å². The van der Waals surface area contributed by atoms with E-state index in [4.69, 9.17) is 15.2 Å². The molecule has 0 heterocycles. The number of hydrogen-bond acceptors (Lipinski definition) is 4. The molecule has 0 bridgehead atoms. The summed E-state index contributed by atoms with van der Waals surface area (Å²) in [6, 6.07) is 0. The van der Waals surface area contributed by atoms with Gasteiger partial charge in [0, 0.05) is 13.7 Å². The fourth-order valence-electron chi connectivity index (χ4n) is 2.50. The number of rotatable bonds is 6. The predicted octanol–water partition coefficient (Wildman–Crippen LogP) is 0.918. The average Bonchev–Trinajstić information content (AvgIpc) is 2.27. The molecule has 0 saturated heterocycles. The Kier molecular flexibility index (Phi) is 5.69. The van der Waals surface area contributed by atoms with Gasteiger partial charge in [-0.25, -0.2) is 0 Å². The Morgan fingerprint density at radius 3 is 2.81 bits per heavy atom. The van der Waals surface area contributed by atoms with Crippen LogP contribution in [0.2, 0.25) is 0 Å². The third kappa shape index (κ3) is 4.01. The van der Waals surface area contributed by atoms with Crippen LogP contribution in [0.3, 0.4) is 0 Å². The maximum absolute atomic E-state index is 9.56. The van der Waals surface area contributed by atoms with Crippen molar-refractivity contribution in [3.8, 4) is 0 Å². The van der Waals surface area contributed by atoms with Gasteiger partial charge in [0.05, 0.1) is 18.8 Å². The highest BCUT2D eigenvalue weighted by molar-refractivity contribution is 4.88. The minimum absolute atomic E-state index is 0.216. The maximum atomic E-state index is 9.56. The van der Waals surface area contributed by atoms with E-state index >= 15 is 0 Å². The van der Waals surface area contributed by atoms with E-state index in [9.17, 15) is 5.11 Å². The van der Waals surface area contributed by atoms with Gasteiger partial charge in [0.1, 0.15) is 6.10 Å². The first-order valence-electron chi connectivity index (χ1n) is 6.13. The molecule has 1 fully saturated rings. The Bertz CT molecular complexity index is 201. The first-order valence-corrected chi connectivity index (χ1v) is 6.13. The van der Waals surface area contributed by atoms with Crippen LogP contribution in [0.5, 0.6) is 0 Å². The molecular weight excluding hydrogens is 206 g/mol. The van der Waals surface area contributed by atoms with Crippen LogP contribution >= 0.6 is 0 Å². The fourth-order valence-corrected chi connectivity index (χ4v) is 2.50. The quantitative estimate of drug-likeness (QED) is 0.713. The van der Waals surface area contributed by atoms with Crippen molar-refractivity contribution in [2.75, 3.05) is 26.9 Å². The topological polar surface area (TPSA) is 64.7 Å². The summed E-state index contributed by atoms with van der Waals surface area (Å²) in [5.41, 5.74) is 5.61. The first kappa shape index (κ1) is 13.9. The Morgan fingerprint density at radius 2 is 2.25 bits per heavy atom. The zero-order valence-corrected chi connectivity index (χ0v) is 10.4. The SMILES string of the molecule is COCC(O)COC1(CN)CCCC(C)C1. The summed E-state index contributed by atoms with van der Waals surface area (Å²) in [5.74, 6) is 0.664. The van der Waals surface area contributed by atoms with Gasteiger partial charge in [-0.1, -0.05) is 19.8 Å². The number of aliphatic hydroxyl groups is 1. The van der Waals surface area contributed by atoms with E-state index in [2.05, 4.69) is 6.92 Å². The second kappa shape index (κ2) is 6.55. The lowest BCUT2D eigenvalue weighted by Crippen LogP contribution is -2.46. The van der Waals surface area contributed by atoms with Crippen molar-refractivity contribution in [3.05, 3.63) is 0 Å². The minimum Gasteiger partial charge on any atom is -0.388 e. The summed E-state index contributed by atoms with van der Waals surface area (Å²) in [6.07, 6.45) is 3.88. The van der Waals surface area contributed by atoms with Gasteiger partial charge in [-0.15, -0.1) is 0 Å². The molecule has 4 heteroatoms. The van der Waals surface area contributed by atoms with Gasteiger partial charge >= 0.3 is 0 Å². The summed E-state index contributed by atoms with van der Waals surface area (Å²) < 4.78 is 10.7. The first-order chi connectivity index (χ1) is 7.62. The lowest BCUT2D eigenvalue weighted by atomic mass is 9.79. The smallest absolute Gasteiger partial charge is 0.101 e. The van der Waals surface area contributed by atoms with Gasteiger partial charge in [0.25, 0.3) is 0 Å². The van der Waals surface area contributed by atoms with Crippen LogP contribution in [0.25, 0.3) is 0 Å². The zero-order valence-electron chi connectivity index (χ0n) is 10.4. The molecule has 4 nitrogen and oxygen atoms in total. The van der Waals surface area contributed by atoms with E-state index in [0.29, 0.717) is 25.7 Å². The number of ether oxygens (including phenoxy) is 2. The molecule has 1 saturated carbocycles. The van der Waals surface area contributed by atoms with Crippen molar-refractivity contribution in [3.63, 3.8) is 0 Å². The van der Waals surface area contributed by atoms with Crippen molar-refractivity contribution in [1.29, 1.82) is 0 Å². The van der Waals surface area contributed by atoms with Gasteiger partial charge in [0.15, 0.2) is 0 Å². The Morgan fingerprint density at radius 1 is 1.50 bits per heavy atom. The van der Waals surface area contributed by atoms with E-state index in [1.54, 1.807) is 7.11 Å². The normalized spacial score (nSPS) is 32.6. The summed E-state index contributed by atoms with van der Waals surface area (Å²) in [6.45, 7) is 3.41. The third-order valence-corrected chi connectivity index (χ3v) is 3.36. The zero-order chi connectivity index (χ0) is 12.0. The highest BCUT2D eigenvalue weighted by Gasteiger charge is 2.35. The van der Waals surface area contributed by atoms with Crippen LogP contribution in [-0.4, -0.2) is 43.7 Å². The van der Waals surface area contributed by atoms with Crippen LogP contribution in [0.15, 0.2) is 0 Å². The molecule has 0 radical (unpaired) electrons. The molecule has 1 aliphatic rings. The second-order valence-corrected chi connectivity index (χ2v) is 5.01. The van der Waals surface area contributed by atoms with Crippen molar-refractivity contribution in [2.24, 2.45) is 11.7 Å². The fraction of sp³-hybridized carbons (Fsp3) is 1.00. The maximum Gasteiger partial charge on any atom is 0.101 e. The van der Waals surface area contributed by atoms with E-state index in [1.165, 1.54) is 12.8 Å². The van der Waals surface area contributed by atoms with Crippen LogP contribution < -0.4 is 5.73 Å². The van der Waals surface area contributed by atoms with Gasteiger partial charge in [-0.3, -0.25) is 0 Å². The third-order valence-electron chi connectivity index (χ3n) is 3.36. The molecule has 0 aromatic rings. The molecule has 3 atom stereocenters. The van der Waals surface area contributed by atoms with E-state index < -0.39 is 6.10 Å². The molecule has 1 aliphatic carbocycles. The molecular formula is C12H25NO3. The van der Waals surface area contributed by atoms with Crippen LogP contribution in [0, 0.1) is 5.92 Å². The summed E-state index contributed by atoms with van der Waals surface area (Å²) >= 11 is 0. The molecule has 0 aromatic carbocycles. The Balaban J connectivity index is 2.40. The van der Waals surface area contributed by atoms with Crippen LogP contribution in [0.4, 0.5) is 0 Å². The molecule has 0 aliphatic heterocycles. The number of aliphatic hydroxyl groups excluding tert-OH is 1. The number of nitrogens with two attached hydrogens (primary N) is 1. The van der Waals surface area contributed by atoms with Crippen LogP contribution in [0.1, 0.15) is 32.6 Å². The molecule has 3 N–H and O–H groups in total. The molecule has 0 amide bonds. The highest BCUT2D eigenvalue weighted by Crippen LogP contribution is 2.34. The van der Waals surface area contributed by atoms with Gasteiger partial charge in [-0.2, -0.15) is 0 Å². The number of methoxy groups -OCH3 is 1. The molecule has 0 spiro atoms. The van der Waals surface area contributed by atoms with Crippen molar-refractivity contribution < 1.29 is 14.6 Å². The number of hydrogen-bond donors (Lipinski definition) is 2. The lowest BCUT2D eigenvalue weighted by molar-refractivity contribution is -0.110. The average molecular weight is 231 g/mol. The lowest BCUT2D eigenvalue weighted by Gasteiger charge is -2.39. The van der Waals surface area contributed by atoms with Crippen molar-refractivity contribution >= 4 is 0 Å². The van der Waals surface area contributed by atoms with E-state index in [-0.39, 0.29) is 5.60 Å². The molecule has 0 aromatic heterocycles. The summed E-state index contributed by atoms with van der Waals surface area (Å²) in [5, 5.41) is 9.56. The predicted molar refractivity (Wildman–Crippen MR) is 63.3 cm³/mol. The van der Waals surface area contributed by atoms with E-state index in [0.717, 1.165) is 12.8 Å².